The summed E-state index contributed by atoms with van der Waals surface area (Å²) in [5.74, 6) is 1.64. The first-order valence-corrected chi connectivity index (χ1v) is 8.01. The van der Waals surface area contributed by atoms with E-state index < -0.39 is 0 Å². The zero-order valence-corrected chi connectivity index (χ0v) is 11.9. The maximum absolute atomic E-state index is 6.48. The fourth-order valence-corrected chi connectivity index (χ4v) is 3.29. The summed E-state index contributed by atoms with van der Waals surface area (Å²) < 4.78 is 0. The third kappa shape index (κ3) is 6.35. The first kappa shape index (κ1) is 14.6. The van der Waals surface area contributed by atoms with Crippen molar-refractivity contribution in [3.05, 3.63) is 0 Å². The van der Waals surface area contributed by atoms with Gasteiger partial charge in [-0.2, -0.15) is 0 Å². The molecule has 0 aliphatic heterocycles. The van der Waals surface area contributed by atoms with Crippen molar-refractivity contribution in [2.75, 3.05) is 5.88 Å². The summed E-state index contributed by atoms with van der Waals surface area (Å²) in [5.41, 5.74) is 0. The van der Waals surface area contributed by atoms with Crippen LogP contribution < -0.4 is 0 Å². The Labute approximate surface area is 111 Å². The molecule has 0 aromatic rings. The van der Waals surface area contributed by atoms with Crippen LogP contribution in [0.5, 0.6) is 0 Å². The molecule has 96 valence electrons. The van der Waals surface area contributed by atoms with E-state index in [1.165, 1.54) is 70.6 Å². The highest BCUT2D eigenvalue weighted by Gasteiger charge is 2.20. The Morgan fingerprint density at radius 3 is 2.19 bits per heavy atom. The number of rotatable bonds is 8. The molecule has 1 fully saturated rings. The molecule has 1 saturated carbocycles. The second kappa shape index (κ2) is 9.59. The van der Waals surface area contributed by atoms with Gasteiger partial charge in [0.25, 0.3) is 0 Å². The molecular weight excluding hydrogens is 239 g/mol. The van der Waals surface area contributed by atoms with Crippen LogP contribution in [0.4, 0.5) is 0 Å². The topological polar surface area (TPSA) is 0 Å². The van der Waals surface area contributed by atoms with Crippen LogP contribution in [0.25, 0.3) is 0 Å². The summed E-state index contributed by atoms with van der Waals surface area (Å²) in [7, 11) is 0. The molecule has 0 saturated heterocycles. The predicted octanol–water partition coefficient (Wildman–Crippen LogP) is 5.75. The molecule has 1 atom stereocenters. The van der Waals surface area contributed by atoms with E-state index in [1.807, 2.05) is 0 Å². The molecule has 0 amide bonds. The fourth-order valence-electron chi connectivity index (χ4n) is 2.70. The SMILES string of the molecule is ClCCCCCCCC(Cl)C1CCCCC1. The van der Waals surface area contributed by atoms with Crippen LogP contribution in [0.1, 0.15) is 70.6 Å². The Morgan fingerprint density at radius 2 is 1.50 bits per heavy atom. The molecule has 0 spiro atoms. The molecule has 0 aromatic heterocycles. The second-order valence-corrected chi connectivity index (χ2v) is 6.10. The third-order valence-electron chi connectivity index (χ3n) is 3.77. The lowest BCUT2D eigenvalue weighted by molar-refractivity contribution is 0.333. The smallest absolute Gasteiger partial charge is 0.0364 e. The highest BCUT2D eigenvalue weighted by Crippen LogP contribution is 2.31. The van der Waals surface area contributed by atoms with Crippen LogP contribution in [0.3, 0.4) is 0 Å². The predicted molar refractivity (Wildman–Crippen MR) is 74.6 cm³/mol. The van der Waals surface area contributed by atoms with Gasteiger partial charge in [0.05, 0.1) is 0 Å². The summed E-state index contributed by atoms with van der Waals surface area (Å²) in [6.07, 6.45) is 14.7. The lowest BCUT2D eigenvalue weighted by Gasteiger charge is -2.26. The number of hydrogen-bond donors (Lipinski definition) is 0. The van der Waals surface area contributed by atoms with Crippen LogP contribution in [-0.4, -0.2) is 11.3 Å². The van der Waals surface area contributed by atoms with Crippen molar-refractivity contribution in [1.82, 2.24) is 0 Å². The molecule has 0 heterocycles. The number of alkyl halides is 2. The van der Waals surface area contributed by atoms with E-state index in [1.54, 1.807) is 0 Å². The molecule has 1 rings (SSSR count). The standard InChI is InChI=1S/C14H26Cl2/c15-12-8-3-1-2-7-11-14(16)13-9-5-4-6-10-13/h13-14H,1-12H2. The Hall–Kier alpha value is 0.580. The van der Waals surface area contributed by atoms with Gasteiger partial charge >= 0.3 is 0 Å². The van der Waals surface area contributed by atoms with Crippen LogP contribution in [0.2, 0.25) is 0 Å². The summed E-state index contributed by atoms with van der Waals surface area (Å²) in [5, 5.41) is 0.452. The third-order valence-corrected chi connectivity index (χ3v) is 4.62. The lowest BCUT2D eigenvalue weighted by atomic mass is 9.85. The summed E-state index contributed by atoms with van der Waals surface area (Å²) >= 11 is 12.1. The van der Waals surface area contributed by atoms with E-state index in [-0.39, 0.29) is 0 Å². The maximum atomic E-state index is 6.48. The van der Waals surface area contributed by atoms with Gasteiger partial charge in [-0.25, -0.2) is 0 Å². The zero-order valence-electron chi connectivity index (χ0n) is 10.4. The van der Waals surface area contributed by atoms with Crippen molar-refractivity contribution in [3.63, 3.8) is 0 Å². The van der Waals surface area contributed by atoms with E-state index >= 15 is 0 Å². The maximum Gasteiger partial charge on any atom is 0.0364 e. The molecular formula is C14H26Cl2. The van der Waals surface area contributed by atoms with E-state index in [4.69, 9.17) is 23.2 Å². The lowest BCUT2D eigenvalue weighted by Crippen LogP contribution is -2.17. The van der Waals surface area contributed by atoms with Crippen molar-refractivity contribution in [1.29, 1.82) is 0 Å². The van der Waals surface area contributed by atoms with Crippen molar-refractivity contribution < 1.29 is 0 Å². The van der Waals surface area contributed by atoms with Gasteiger partial charge < -0.3 is 0 Å². The first-order chi connectivity index (χ1) is 7.84. The Bertz CT molecular complexity index is 153. The van der Waals surface area contributed by atoms with Crippen molar-refractivity contribution >= 4 is 23.2 Å². The second-order valence-electron chi connectivity index (χ2n) is 5.16. The molecule has 1 aliphatic rings. The number of halogens is 2. The van der Waals surface area contributed by atoms with Crippen molar-refractivity contribution in [2.24, 2.45) is 5.92 Å². The van der Waals surface area contributed by atoms with E-state index in [0.717, 1.165) is 11.8 Å². The van der Waals surface area contributed by atoms with Gasteiger partial charge in [-0.1, -0.05) is 44.9 Å². The molecule has 0 nitrogen and oxygen atoms in total. The molecule has 0 N–H and O–H groups in total. The van der Waals surface area contributed by atoms with Gasteiger partial charge in [-0.15, -0.1) is 23.2 Å². The van der Waals surface area contributed by atoms with Crippen LogP contribution in [-0.2, 0) is 0 Å². The van der Waals surface area contributed by atoms with E-state index in [0.29, 0.717) is 5.38 Å². The van der Waals surface area contributed by atoms with Crippen LogP contribution in [0, 0.1) is 5.92 Å². The van der Waals surface area contributed by atoms with Gasteiger partial charge in [0.1, 0.15) is 0 Å². The molecule has 1 aliphatic carbocycles. The molecule has 16 heavy (non-hydrogen) atoms. The zero-order chi connectivity index (χ0) is 11.6. The average Bonchev–Trinajstić information content (AvgIpc) is 2.34. The Balaban J connectivity index is 1.94. The molecule has 0 bridgehead atoms. The summed E-state index contributed by atoms with van der Waals surface area (Å²) in [4.78, 5) is 0. The minimum Gasteiger partial charge on any atom is -0.127 e. The highest BCUT2D eigenvalue weighted by atomic mass is 35.5. The van der Waals surface area contributed by atoms with Crippen LogP contribution >= 0.6 is 23.2 Å². The normalized spacial score (nSPS) is 19.9. The molecule has 2 heteroatoms. The molecule has 0 aromatic carbocycles. The van der Waals surface area contributed by atoms with Crippen molar-refractivity contribution in [3.8, 4) is 0 Å². The minimum absolute atomic E-state index is 0.452. The highest BCUT2D eigenvalue weighted by molar-refractivity contribution is 6.20. The van der Waals surface area contributed by atoms with Crippen LogP contribution in [0.15, 0.2) is 0 Å². The van der Waals surface area contributed by atoms with Gasteiger partial charge in [-0.3, -0.25) is 0 Å². The molecule has 0 radical (unpaired) electrons. The monoisotopic (exact) mass is 264 g/mol. The Kier molecular flexibility index (Phi) is 8.78. The Morgan fingerprint density at radius 1 is 0.875 bits per heavy atom. The van der Waals surface area contributed by atoms with Gasteiger partial charge in [0, 0.05) is 11.3 Å². The van der Waals surface area contributed by atoms with Gasteiger partial charge in [0.15, 0.2) is 0 Å². The van der Waals surface area contributed by atoms with E-state index in [9.17, 15) is 0 Å². The largest absolute Gasteiger partial charge is 0.127 e. The number of unbranched alkanes of at least 4 members (excludes halogenated alkanes) is 4. The summed E-state index contributed by atoms with van der Waals surface area (Å²) in [6.45, 7) is 0. The van der Waals surface area contributed by atoms with Gasteiger partial charge in [0.2, 0.25) is 0 Å². The van der Waals surface area contributed by atoms with Crippen molar-refractivity contribution in [2.45, 2.75) is 76.0 Å². The fraction of sp³-hybridized carbons (Fsp3) is 1.00. The van der Waals surface area contributed by atoms with E-state index in [2.05, 4.69) is 0 Å². The quantitative estimate of drug-likeness (QED) is 0.387. The minimum atomic E-state index is 0.452. The van der Waals surface area contributed by atoms with Gasteiger partial charge in [-0.05, 0) is 31.6 Å². The average molecular weight is 265 g/mol. The summed E-state index contributed by atoms with van der Waals surface area (Å²) in [6, 6.07) is 0. The first-order valence-electron chi connectivity index (χ1n) is 7.04. The molecule has 1 unspecified atom stereocenters. The number of hydrogen-bond acceptors (Lipinski definition) is 0.